The molecule has 1 aliphatic rings. The Balaban J connectivity index is 2.27. The van der Waals surface area contributed by atoms with Gasteiger partial charge in [0.1, 0.15) is 0 Å². The molecule has 0 fully saturated rings. The van der Waals surface area contributed by atoms with Crippen molar-refractivity contribution in [3.05, 3.63) is 64.7 Å². The fourth-order valence-electron chi connectivity index (χ4n) is 2.33. The number of rotatable bonds is 1. The van der Waals surface area contributed by atoms with Gasteiger partial charge in [-0.25, -0.2) is 9.38 Å². The summed E-state index contributed by atoms with van der Waals surface area (Å²) < 4.78 is 14.1. The average molecular weight is 303 g/mol. The highest BCUT2D eigenvalue weighted by Crippen LogP contribution is 2.30. The minimum absolute atomic E-state index is 0.429. The van der Waals surface area contributed by atoms with Gasteiger partial charge in [-0.1, -0.05) is 41.9 Å². The maximum atomic E-state index is 14.1. The molecule has 0 saturated carbocycles. The standard InChI is InChI=1S/C16H12ClFN2O/c1-20-13-8-7-11(17)9-12(13)14(19-15(18)16(20)21)10-5-3-2-4-6-10/h2-9,15H,1H3. The van der Waals surface area contributed by atoms with Crippen molar-refractivity contribution in [2.75, 3.05) is 11.9 Å². The predicted molar refractivity (Wildman–Crippen MR) is 81.8 cm³/mol. The molecule has 1 aliphatic heterocycles. The number of hydrogen-bond donors (Lipinski definition) is 0. The summed E-state index contributed by atoms with van der Waals surface area (Å²) in [6.45, 7) is 0. The van der Waals surface area contributed by atoms with Gasteiger partial charge >= 0.3 is 0 Å². The summed E-state index contributed by atoms with van der Waals surface area (Å²) in [6.07, 6.45) is -1.92. The molecule has 21 heavy (non-hydrogen) atoms. The molecule has 106 valence electrons. The van der Waals surface area contributed by atoms with Crippen LogP contribution in [0.2, 0.25) is 5.02 Å². The Labute approximate surface area is 126 Å². The highest BCUT2D eigenvalue weighted by molar-refractivity contribution is 6.32. The molecular formula is C16H12ClFN2O. The predicted octanol–water partition coefficient (Wildman–Crippen LogP) is 3.45. The van der Waals surface area contributed by atoms with Crippen LogP contribution in [0.4, 0.5) is 10.1 Å². The molecule has 0 radical (unpaired) electrons. The molecule has 0 aromatic heterocycles. The maximum Gasteiger partial charge on any atom is 0.284 e. The molecule has 0 aliphatic carbocycles. The molecular weight excluding hydrogens is 291 g/mol. The van der Waals surface area contributed by atoms with E-state index in [1.807, 2.05) is 30.3 Å². The molecule has 0 saturated heterocycles. The molecule has 2 aromatic carbocycles. The summed E-state index contributed by atoms with van der Waals surface area (Å²) in [7, 11) is 1.53. The van der Waals surface area contributed by atoms with Gasteiger partial charge in [-0.05, 0) is 18.2 Å². The van der Waals surface area contributed by atoms with Crippen molar-refractivity contribution >= 4 is 28.9 Å². The second-order valence-corrected chi connectivity index (χ2v) is 5.17. The van der Waals surface area contributed by atoms with E-state index in [1.54, 1.807) is 18.2 Å². The first-order valence-electron chi connectivity index (χ1n) is 6.42. The maximum absolute atomic E-state index is 14.1. The number of benzodiazepines with no additional fused rings is 1. The van der Waals surface area contributed by atoms with Gasteiger partial charge in [-0.15, -0.1) is 0 Å². The molecule has 3 rings (SSSR count). The van der Waals surface area contributed by atoms with Crippen LogP contribution in [0, 0.1) is 0 Å². The van der Waals surface area contributed by atoms with Crippen LogP contribution >= 0.6 is 11.6 Å². The number of anilines is 1. The van der Waals surface area contributed by atoms with E-state index in [-0.39, 0.29) is 0 Å². The van der Waals surface area contributed by atoms with Crippen LogP contribution < -0.4 is 4.90 Å². The number of aliphatic imine (C=N–C) groups is 1. The zero-order valence-electron chi connectivity index (χ0n) is 11.3. The molecule has 0 bridgehead atoms. The second kappa shape index (κ2) is 5.30. The summed E-state index contributed by atoms with van der Waals surface area (Å²) >= 11 is 6.05. The first-order valence-corrected chi connectivity index (χ1v) is 6.80. The van der Waals surface area contributed by atoms with Gasteiger partial charge in [0.2, 0.25) is 0 Å². The number of carbonyl (C=O) groups is 1. The molecule has 0 N–H and O–H groups in total. The van der Waals surface area contributed by atoms with E-state index in [9.17, 15) is 9.18 Å². The van der Waals surface area contributed by atoms with E-state index in [0.29, 0.717) is 22.0 Å². The van der Waals surface area contributed by atoms with Gasteiger partial charge in [0.15, 0.2) is 0 Å². The lowest BCUT2D eigenvalue weighted by Crippen LogP contribution is -2.32. The number of alkyl halides is 1. The summed E-state index contributed by atoms with van der Waals surface area (Å²) in [4.78, 5) is 17.2. The van der Waals surface area contributed by atoms with Gasteiger partial charge in [0, 0.05) is 23.2 Å². The Kier molecular flexibility index (Phi) is 3.47. The number of nitrogens with zero attached hydrogens (tertiary/aromatic N) is 2. The van der Waals surface area contributed by atoms with Crippen LogP contribution in [-0.2, 0) is 4.79 Å². The van der Waals surface area contributed by atoms with Crippen molar-refractivity contribution in [2.24, 2.45) is 4.99 Å². The topological polar surface area (TPSA) is 32.7 Å². The van der Waals surface area contributed by atoms with Crippen LogP contribution in [0.5, 0.6) is 0 Å². The molecule has 2 aromatic rings. The van der Waals surface area contributed by atoms with Crippen LogP contribution in [0.25, 0.3) is 0 Å². The number of amides is 1. The third-order valence-corrected chi connectivity index (χ3v) is 3.63. The van der Waals surface area contributed by atoms with Crippen molar-refractivity contribution in [3.63, 3.8) is 0 Å². The van der Waals surface area contributed by atoms with Crippen molar-refractivity contribution in [1.82, 2.24) is 0 Å². The number of halogens is 2. The molecule has 1 atom stereocenters. The molecule has 3 nitrogen and oxygen atoms in total. The fourth-order valence-corrected chi connectivity index (χ4v) is 2.51. The molecule has 0 spiro atoms. The zero-order valence-corrected chi connectivity index (χ0v) is 12.0. The van der Waals surface area contributed by atoms with Crippen molar-refractivity contribution in [2.45, 2.75) is 6.30 Å². The highest BCUT2D eigenvalue weighted by atomic mass is 35.5. The largest absolute Gasteiger partial charge is 0.311 e. The third kappa shape index (κ3) is 2.43. The first-order chi connectivity index (χ1) is 10.1. The van der Waals surface area contributed by atoms with Gasteiger partial charge in [-0.2, -0.15) is 0 Å². The minimum Gasteiger partial charge on any atom is -0.311 e. The molecule has 1 amide bonds. The van der Waals surface area contributed by atoms with E-state index in [0.717, 1.165) is 5.56 Å². The first kappa shape index (κ1) is 13.8. The summed E-state index contributed by atoms with van der Waals surface area (Å²) in [5, 5.41) is 0.510. The van der Waals surface area contributed by atoms with E-state index >= 15 is 0 Å². The second-order valence-electron chi connectivity index (χ2n) is 4.74. The van der Waals surface area contributed by atoms with Gasteiger partial charge in [-0.3, -0.25) is 4.79 Å². The van der Waals surface area contributed by atoms with E-state index in [4.69, 9.17) is 11.6 Å². The lowest BCUT2D eigenvalue weighted by Gasteiger charge is -2.18. The monoisotopic (exact) mass is 302 g/mol. The number of fused-ring (bicyclic) bond motifs is 1. The van der Waals surface area contributed by atoms with E-state index in [2.05, 4.69) is 4.99 Å². The smallest absolute Gasteiger partial charge is 0.284 e. The third-order valence-electron chi connectivity index (χ3n) is 3.40. The van der Waals surface area contributed by atoms with Gasteiger partial charge in [0.25, 0.3) is 12.2 Å². The Morgan fingerprint density at radius 2 is 1.90 bits per heavy atom. The zero-order chi connectivity index (χ0) is 15.0. The number of carbonyl (C=O) groups excluding carboxylic acids is 1. The SMILES string of the molecule is CN1C(=O)C(F)N=C(c2ccccc2)c2cc(Cl)ccc21. The lowest BCUT2D eigenvalue weighted by atomic mass is 10.0. The quantitative estimate of drug-likeness (QED) is 0.743. The number of benzene rings is 2. The van der Waals surface area contributed by atoms with Crippen LogP contribution in [0.15, 0.2) is 53.5 Å². The highest BCUT2D eigenvalue weighted by Gasteiger charge is 2.29. The van der Waals surface area contributed by atoms with Crippen LogP contribution in [0.3, 0.4) is 0 Å². The molecule has 1 heterocycles. The molecule has 1 unspecified atom stereocenters. The Morgan fingerprint density at radius 3 is 2.62 bits per heavy atom. The minimum atomic E-state index is -1.92. The van der Waals surface area contributed by atoms with Crippen molar-refractivity contribution in [3.8, 4) is 0 Å². The van der Waals surface area contributed by atoms with E-state index < -0.39 is 12.2 Å². The summed E-state index contributed by atoms with van der Waals surface area (Å²) in [5.74, 6) is -0.690. The summed E-state index contributed by atoms with van der Waals surface area (Å²) in [6, 6.07) is 14.3. The lowest BCUT2D eigenvalue weighted by molar-refractivity contribution is -0.122. The van der Waals surface area contributed by atoms with E-state index in [1.165, 1.54) is 11.9 Å². The summed E-state index contributed by atoms with van der Waals surface area (Å²) in [5.41, 5.74) is 2.40. The Bertz CT molecular complexity index is 730. The fraction of sp³-hybridized carbons (Fsp3) is 0.125. The van der Waals surface area contributed by atoms with Crippen LogP contribution in [0.1, 0.15) is 11.1 Å². The van der Waals surface area contributed by atoms with Gasteiger partial charge < -0.3 is 4.90 Å². The number of hydrogen-bond acceptors (Lipinski definition) is 2. The van der Waals surface area contributed by atoms with Crippen molar-refractivity contribution in [1.29, 1.82) is 0 Å². The Morgan fingerprint density at radius 1 is 1.19 bits per heavy atom. The van der Waals surface area contributed by atoms with Gasteiger partial charge in [0.05, 0.1) is 11.4 Å². The molecule has 5 heteroatoms. The average Bonchev–Trinajstić information content (AvgIpc) is 2.59. The number of likely N-dealkylation sites (N-methyl/N-ethyl adjacent to an activating group) is 1. The Hall–Kier alpha value is -2.20. The van der Waals surface area contributed by atoms with Crippen LogP contribution in [-0.4, -0.2) is 25.0 Å². The normalized spacial score (nSPS) is 18.0. The van der Waals surface area contributed by atoms with Crippen molar-refractivity contribution < 1.29 is 9.18 Å².